The number of ketones is 1. The topological polar surface area (TPSA) is 30.0 Å². The molecule has 0 atom stereocenters. The molecule has 62 valence electrons. The highest BCUT2D eigenvalue weighted by atomic mass is 35.5. The summed E-state index contributed by atoms with van der Waals surface area (Å²) in [6.07, 6.45) is 1.38. The lowest BCUT2D eigenvalue weighted by Gasteiger charge is -2.00. The Labute approximate surface area is 75.6 Å². The van der Waals surface area contributed by atoms with Crippen LogP contribution in [-0.2, 0) is 6.42 Å². The van der Waals surface area contributed by atoms with Crippen molar-refractivity contribution in [1.82, 2.24) is 4.98 Å². The molecule has 0 aromatic carbocycles. The Morgan fingerprint density at radius 3 is 3.00 bits per heavy atom. The van der Waals surface area contributed by atoms with E-state index in [4.69, 9.17) is 11.6 Å². The zero-order chi connectivity index (χ0) is 8.72. The van der Waals surface area contributed by atoms with Gasteiger partial charge in [0.25, 0.3) is 0 Å². The van der Waals surface area contributed by atoms with Crippen molar-refractivity contribution >= 4 is 17.4 Å². The molecule has 0 saturated heterocycles. The number of carbonyl (C=O) groups is 1. The first kappa shape index (κ1) is 7.74. The summed E-state index contributed by atoms with van der Waals surface area (Å²) in [7, 11) is 0. The molecule has 0 unspecified atom stereocenters. The number of aromatic nitrogens is 1. The molecule has 1 aromatic rings. The fourth-order valence-corrected chi connectivity index (χ4v) is 1.59. The van der Waals surface area contributed by atoms with Gasteiger partial charge in [-0.3, -0.25) is 4.79 Å². The van der Waals surface area contributed by atoms with Gasteiger partial charge in [0.1, 0.15) is 5.69 Å². The molecular formula is C9H8ClNO. The largest absolute Gasteiger partial charge is 0.292 e. The maximum Gasteiger partial charge on any atom is 0.181 e. The van der Waals surface area contributed by atoms with Gasteiger partial charge in [0.05, 0.1) is 10.7 Å². The van der Waals surface area contributed by atoms with Crippen LogP contribution < -0.4 is 0 Å². The number of fused-ring (bicyclic) bond motifs is 1. The van der Waals surface area contributed by atoms with Crippen molar-refractivity contribution in [2.45, 2.75) is 19.8 Å². The maximum atomic E-state index is 11.2. The third-order valence-electron chi connectivity index (χ3n) is 2.12. The van der Waals surface area contributed by atoms with E-state index in [0.29, 0.717) is 17.1 Å². The molecule has 0 aliphatic heterocycles. The summed E-state index contributed by atoms with van der Waals surface area (Å²) >= 11 is 5.87. The third kappa shape index (κ3) is 1.03. The smallest absolute Gasteiger partial charge is 0.181 e. The molecule has 0 amide bonds. The molecule has 1 aromatic heterocycles. The molecule has 0 N–H and O–H groups in total. The summed E-state index contributed by atoms with van der Waals surface area (Å²) in [5, 5.41) is 0.656. The van der Waals surface area contributed by atoms with E-state index in [0.717, 1.165) is 17.7 Å². The number of hydrogen-bond donors (Lipinski definition) is 0. The van der Waals surface area contributed by atoms with Gasteiger partial charge in [-0.15, -0.1) is 0 Å². The van der Waals surface area contributed by atoms with Crippen LogP contribution in [0.1, 0.15) is 28.2 Å². The Bertz CT molecular complexity index is 360. The molecule has 1 heterocycles. The number of aryl methyl sites for hydroxylation is 2. The molecule has 1 aliphatic rings. The molecule has 0 bridgehead atoms. The highest BCUT2D eigenvalue weighted by Crippen LogP contribution is 2.24. The van der Waals surface area contributed by atoms with Crippen LogP contribution in [0.2, 0.25) is 5.02 Å². The molecular weight excluding hydrogens is 174 g/mol. The molecule has 0 spiro atoms. The van der Waals surface area contributed by atoms with Gasteiger partial charge in [0, 0.05) is 6.42 Å². The predicted octanol–water partition coefficient (Wildman–Crippen LogP) is 2.17. The predicted molar refractivity (Wildman–Crippen MR) is 46.6 cm³/mol. The second kappa shape index (κ2) is 2.56. The van der Waals surface area contributed by atoms with Gasteiger partial charge in [-0.25, -0.2) is 4.98 Å². The Balaban J connectivity index is 2.63. The van der Waals surface area contributed by atoms with Crippen molar-refractivity contribution in [3.8, 4) is 0 Å². The summed E-state index contributed by atoms with van der Waals surface area (Å²) in [5.74, 6) is 0.143. The highest BCUT2D eigenvalue weighted by molar-refractivity contribution is 6.31. The lowest BCUT2D eigenvalue weighted by molar-refractivity contribution is 0.0990. The van der Waals surface area contributed by atoms with E-state index in [1.54, 1.807) is 0 Å². The van der Waals surface area contributed by atoms with E-state index >= 15 is 0 Å². The summed E-state index contributed by atoms with van der Waals surface area (Å²) in [4.78, 5) is 15.4. The molecule has 3 heteroatoms. The summed E-state index contributed by atoms with van der Waals surface area (Å²) in [5.41, 5.74) is 2.36. The summed E-state index contributed by atoms with van der Waals surface area (Å²) in [6, 6.07) is 1.85. The molecule has 2 nitrogen and oxygen atoms in total. The van der Waals surface area contributed by atoms with Crippen molar-refractivity contribution in [1.29, 1.82) is 0 Å². The first-order valence-corrected chi connectivity index (χ1v) is 4.25. The van der Waals surface area contributed by atoms with Gasteiger partial charge in [-0.1, -0.05) is 11.6 Å². The highest BCUT2D eigenvalue weighted by Gasteiger charge is 2.21. The molecule has 0 saturated carbocycles. The number of Topliss-reactive ketones (excluding diaryl/α,β-unsaturated/α-hetero) is 1. The van der Waals surface area contributed by atoms with Crippen molar-refractivity contribution < 1.29 is 4.79 Å². The first-order chi connectivity index (χ1) is 5.68. The van der Waals surface area contributed by atoms with Gasteiger partial charge in [0.15, 0.2) is 5.78 Å². The molecule has 2 rings (SSSR count). The van der Waals surface area contributed by atoms with E-state index in [1.165, 1.54) is 0 Å². The minimum Gasteiger partial charge on any atom is -0.292 e. The van der Waals surface area contributed by atoms with Crippen molar-refractivity contribution in [3.05, 3.63) is 28.0 Å². The van der Waals surface area contributed by atoms with Gasteiger partial charge >= 0.3 is 0 Å². The van der Waals surface area contributed by atoms with Crippen LogP contribution >= 0.6 is 11.6 Å². The van der Waals surface area contributed by atoms with Gasteiger partial charge in [0.2, 0.25) is 0 Å². The Morgan fingerprint density at radius 2 is 2.25 bits per heavy atom. The monoisotopic (exact) mass is 181 g/mol. The van der Waals surface area contributed by atoms with Crippen molar-refractivity contribution in [2.75, 3.05) is 0 Å². The molecule has 0 fully saturated rings. The SMILES string of the molecule is Cc1nc2c(cc1Cl)CCC2=O. The first-order valence-electron chi connectivity index (χ1n) is 3.87. The standard InChI is InChI=1S/C9H8ClNO/c1-5-7(10)4-6-2-3-8(12)9(6)11-5/h4H,2-3H2,1H3. The van der Waals surface area contributed by atoms with Crippen LogP contribution in [0.25, 0.3) is 0 Å². The van der Waals surface area contributed by atoms with Crippen LogP contribution in [0.15, 0.2) is 6.07 Å². The average Bonchev–Trinajstić information content (AvgIpc) is 2.35. The normalized spacial score (nSPS) is 15.0. The fraction of sp³-hybridized carbons (Fsp3) is 0.333. The van der Waals surface area contributed by atoms with E-state index in [-0.39, 0.29) is 5.78 Å². The number of nitrogens with zero attached hydrogens (tertiary/aromatic N) is 1. The summed E-state index contributed by atoms with van der Waals surface area (Å²) in [6.45, 7) is 1.81. The zero-order valence-electron chi connectivity index (χ0n) is 6.72. The fourth-order valence-electron chi connectivity index (χ4n) is 1.42. The average molecular weight is 182 g/mol. The van der Waals surface area contributed by atoms with E-state index in [1.807, 2.05) is 13.0 Å². The van der Waals surface area contributed by atoms with Gasteiger partial charge in [-0.2, -0.15) is 0 Å². The van der Waals surface area contributed by atoms with Gasteiger partial charge < -0.3 is 0 Å². The molecule has 12 heavy (non-hydrogen) atoms. The molecule has 1 aliphatic carbocycles. The van der Waals surface area contributed by atoms with Crippen LogP contribution in [0.4, 0.5) is 0 Å². The minimum atomic E-state index is 0.143. The van der Waals surface area contributed by atoms with E-state index in [2.05, 4.69) is 4.98 Å². The summed E-state index contributed by atoms with van der Waals surface area (Å²) < 4.78 is 0. The maximum absolute atomic E-state index is 11.2. The Morgan fingerprint density at radius 1 is 1.50 bits per heavy atom. The second-order valence-electron chi connectivity index (χ2n) is 2.99. The van der Waals surface area contributed by atoms with Crippen LogP contribution in [-0.4, -0.2) is 10.8 Å². The van der Waals surface area contributed by atoms with Gasteiger partial charge in [-0.05, 0) is 25.0 Å². The number of hydrogen-bond acceptors (Lipinski definition) is 2. The minimum absolute atomic E-state index is 0.143. The van der Waals surface area contributed by atoms with Crippen molar-refractivity contribution in [3.63, 3.8) is 0 Å². The Hall–Kier alpha value is -0.890. The number of rotatable bonds is 0. The number of pyridine rings is 1. The second-order valence-corrected chi connectivity index (χ2v) is 3.39. The zero-order valence-corrected chi connectivity index (χ0v) is 7.48. The number of halogens is 1. The van der Waals surface area contributed by atoms with Crippen molar-refractivity contribution in [2.24, 2.45) is 0 Å². The lowest BCUT2D eigenvalue weighted by Crippen LogP contribution is -1.97. The number of carbonyl (C=O) groups excluding carboxylic acids is 1. The Kier molecular flexibility index (Phi) is 1.65. The third-order valence-corrected chi connectivity index (χ3v) is 2.50. The molecule has 0 radical (unpaired) electrons. The van der Waals surface area contributed by atoms with Crippen LogP contribution in [0.5, 0.6) is 0 Å². The lowest BCUT2D eigenvalue weighted by atomic mass is 10.2. The van der Waals surface area contributed by atoms with Crippen LogP contribution in [0, 0.1) is 6.92 Å². The quantitative estimate of drug-likeness (QED) is 0.614. The van der Waals surface area contributed by atoms with E-state index in [9.17, 15) is 4.79 Å². The van der Waals surface area contributed by atoms with E-state index < -0.39 is 0 Å². The van der Waals surface area contributed by atoms with Crippen LogP contribution in [0.3, 0.4) is 0 Å².